The van der Waals surface area contributed by atoms with E-state index >= 15 is 0 Å². The number of ether oxygens (including phenoxy) is 2. The second kappa shape index (κ2) is 12.1. The Morgan fingerprint density at radius 2 is 1.88 bits per heavy atom. The van der Waals surface area contributed by atoms with Crippen molar-refractivity contribution >= 4 is 40.2 Å². The third kappa shape index (κ3) is 5.88. The van der Waals surface area contributed by atoms with E-state index in [1.54, 1.807) is 18.3 Å². The molecule has 0 unspecified atom stereocenters. The van der Waals surface area contributed by atoms with E-state index in [-0.39, 0.29) is 13.2 Å². The molecular weight excluding hydrogens is 448 g/mol. The van der Waals surface area contributed by atoms with Crippen LogP contribution in [0.2, 0.25) is 0 Å². The Labute approximate surface area is 204 Å². The van der Waals surface area contributed by atoms with E-state index in [1.807, 2.05) is 67.5 Å². The summed E-state index contributed by atoms with van der Waals surface area (Å²) in [5, 5.41) is 10.2. The molecule has 178 valence electrons. The van der Waals surface area contributed by atoms with Crippen molar-refractivity contribution in [3.05, 3.63) is 71.9 Å². The van der Waals surface area contributed by atoms with Crippen molar-refractivity contribution in [2.75, 3.05) is 38.3 Å². The van der Waals surface area contributed by atoms with Crippen LogP contribution in [0.5, 0.6) is 5.75 Å². The number of aromatic nitrogens is 1. The topological polar surface area (TPSA) is 102 Å². The zero-order valence-corrected chi connectivity index (χ0v) is 20.5. The van der Waals surface area contributed by atoms with Gasteiger partial charge >= 0.3 is 5.97 Å². The minimum Gasteiger partial charge on any atom is -0.490 e. The average Bonchev–Trinajstić information content (AvgIpc) is 3.42. The zero-order valence-electron chi connectivity index (χ0n) is 19.7. The van der Waals surface area contributed by atoms with Crippen molar-refractivity contribution in [1.29, 1.82) is 5.41 Å². The highest BCUT2D eigenvalue weighted by molar-refractivity contribution is 7.98. The zero-order chi connectivity index (χ0) is 24.5. The first kappa shape index (κ1) is 25.1. The van der Waals surface area contributed by atoms with Gasteiger partial charge in [-0.05, 0) is 42.0 Å². The molecule has 0 aliphatic carbocycles. The number of hydrogen-bond acceptors (Lipinski definition) is 7. The van der Waals surface area contributed by atoms with E-state index in [1.165, 1.54) is 11.8 Å². The summed E-state index contributed by atoms with van der Waals surface area (Å²) in [7, 11) is 0. The first-order chi connectivity index (χ1) is 16.6. The van der Waals surface area contributed by atoms with Crippen LogP contribution in [0.3, 0.4) is 0 Å². The summed E-state index contributed by atoms with van der Waals surface area (Å²) in [6.07, 6.45) is 7.66. The molecule has 34 heavy (non-hydrogen) atoms. The highest BCUT2D eigenvalue weighted by Gasteiger charge is 2.17. The lowest BCUT2D eigenvalue weighted by Crippen LogP contribution is -2.28. The number of carbonyl (C=O) groups is 1. The number of nitrogens with one attached hydrogen (secondary N) is 1. The number of fused-ring (bicyclic) bond motifs is 1. The number of pyridine rings is 1. The molecule has 0 saturated heterocycles. The number of hydrogen-bond donors (Lipinski definition) is 2. The third-order valence-electron chi connectivity index (χ3n) is 5.18. The number of carbonyl (C=O) groups excluding carboxylic acids is 1. The summed E-state index contributed by atoms with van der Waals surface area (Å²) in [6.45, 7) is 5.80. The molecule has 0 fully saturated rings. The van der Waals surface area contributed by atoms with Crippen LogP contribution in [0.25, 0.3) is 10.8 Å². The fraction of sp³-hybridized carbons (Fsp3) is 0.269. The molecule has 4 rings (SSSR count). The van der Waals surface area contributed by atoms with Crippen LogP contribution in [0.1, 0.15) is 29.8 Å². The fourth-order valence-corrected chi connectivity index (χ4v) is 4.10. The van der Waals surface area contributed by atoms with Crippen molar-refractivity contribution in [3.8, 4) is 5.75 Å². The summed E-state index contributed by atoms with van der Waals surface area (Å²) in [5.74, 6) is 1.12. The van der Waals surface area contributed by atoms with Gasteiger partial charge < -0.3 is 20.1 Å². The van der Waals surface area contributed by atoms with Gasteiger partial charge in [-0.3, -0.25) is 5.41 Å². The van der Waals surface area contributed by atoms with Crippen molar-refractivity contribution in [2.45, 2.75) is 18.7 Å². The molecule has 3 N–H and O–H groups in total. The van der Waals surface area contributed by atoms with Gasteiger partial charge in [0.2, 0.25) is 0 Å². The van der Waals surface area contributed by atoms with Crippen molar-refractivity contribution in [1.82, 2.24) is 9.88 Å². The van der Waals surface area contributed by atoms with E-state index in [0.717, 1.165) is 34.3 Å². The Morgan fingerprint density at radius 3 is 2.62 bits per heavy atom. The van der Waals surface area contributed by atoms with Crippen LogP contribution in [0, 0.1) is 5.41 Å². The highest BCUT2D eigenvalue weighted by atomic mass is 32.2. The molecule has 3 aromatic rings. The third-order valence-corrected chi connectivity index (χ3v) is 5.96. The van der Waals surface area contributed by atoms with Gasteiger partial charge in [0.15, 0.2) is 0 Å². The van der Waals surface area contributed by atoms with E-state index in [0.29, 0.717) is 23.0 Å². The lowest BCUT2D eigenvalue weighted by molar-refractivity contribution is 0.0446. The SMILES string of the molecule is CC.CSc1cc(C(=N)N2CC=CC2)ccc1C(=O)OCCOc1ccc2ccnc(N)c2c1. The summed E-state index contributed by atoms with van der Waals surface area (Å²) in [6, 6.07) is 12.9. The summed E-state index contributed by atoms with van der Waals surface area (Å²) < 4.78 is 11.1. The van der Waals surface area contributed by atoms with Crippen molar-refractivity contribution in [3.63, 3.8) is 0 Å². The maximum atomic E-state index is 12.6. The number of benzene rings is 2. The van der Waals surface area contributed by atoms with Gasteiger partial charge in [0.1, 0.15) is 30.6 Å². The van der Waals surface area contributed by atoms with E-state index in [2.05, 4.69) is 4.98 Å². The quantitative estimate of drug-likeness (QED) is 0.123. The number of rotatable bonds is 7. The molecule has 1 aromatic heterocycles. The van der Waals surface area contributed by atoms with Gasteiger partial charge in [0.05, 0.1) is 5.56 Å². The number of esters is 1. The molecular formula is C26H30N4O3S. The molecule has 1 aliphatic rings. The van der Waals surface area contributed by atoms with Gasteiger partial charge in [0.25, 0.3) is 0 Å². The minimum absolute atomic E-state index is 0.115. The van der Waals surface area contributed by atoms with E-state index < -0.39 is 5.97 Å². The maximum Gasteiger partial charge on any atom is 0.339 e. The molecule has 2 heterocycles. The lowest BCUT2D eigenvalue weighted by Gasteiger charge is -2.19. The smallest absolute Gasteiger partial charge is 0.339 e. The molecule has 8 heteroatoms. The Balaban J connectivity index is 0.00000158. The standard InChI is InChI=1S/C24H24N4O3S.C2H6/c1-32-21-14-17(23(26)28-10-2-3-11-28)5-7-19(21)24(29)31-13-12-30-18-6-4-16-8-9-27-22(25)20(16)15-18;1-2/h2-9,14-15,26H,10-13H2,1H3,(H2,25,27);1-2H3. The van der Waals surface area contributed by atoms with Gasteiger partial charge in [-0.15, -0.1) is 11.8 Å². The Kier molecular flexibility index (Phi) is 8.93. The molecule has 0 radical (unpaired) electrons. The number of thioether (sulfide) groups is 1. The van der Waals surface area contributed by atoms with Crippen LogP contribution in [-0.2, 0) is 4.74 Å². The summed E-state index contributed by atoms with van der Waals surface area (Å²) in [5.41, 5.74) is 7.18. The van der Waals surface area contributed by atoms with Crippen LogP contribution < -0.4 is 10.5 Å². The van der Waals surface area contributed by atoms with Gasteiger partial charge in [-0.1, -0.05) is 38.1 Å². The van der Waals surface area contributed by atoms with Crippen molar-refractivity contribution in [2.24, 2.45) is 0 Å². The summed E-state index contributed by atoms with van der Waals surface area (Å²) in [4.78, 5) is 19.4. The number of nitrogen functional groups attached to an aromatic ring is 1. The number of anilines is 1. The first-order valence-electron chi connectivity index (χ1n) is 11.2. The van der Waals surface area contributed by atoms with Crippen LogP contribution in [0.4, 0.5) is 5.82 Å². The van der Waals surface area contributed by atoms with Gasteiger partial charge in [-0.25, -0.2) is 9.78 Å². The first-order valence-corrected chi connectivity index (χ1v) is 12.4. The van der Waals surface area contributed by atoms with Crippen LogP contribution in [-0.4, -0.2) is 54.2 Å². The predicted octanol–water partition coefficient (Wildman–Crippen LogP) is 5.00. The molecule has 0 spiro atoms. The molecule has 0 atom stereocenters. The number of amidine groups is 1. The van der Waals surface area contributed by atoms with Gasteiger partial charge in [0, 0.05) is 35.1 Å². The Morgan fingerprint density at radius 1 is 1.12 bits per heavy atom. The molecule has 7 nitrogen and oxygen atoms in total. The largest absolute Gasteiger partial charge is 0.490 e. The second-order valence-electron chi connectivity index (χ2n) is 7.20. The van der Waals surface area contributed by atoms with Crippen molar-refractivity contribution < 1.29 is 14.3 Å². The lowest BCUT2D eigenvalue weighted by atomic mass is 10.1. The van der Waals surface area contributed by atoms with E-state index in [4.69, 9.17) is 20.6 Å². The Hall–Kier alpha value is -3.52. The second-order valence-corrected chi connectivity index (χ2v) is 8.05. The molecule has 2 aromatic carbocycles. The van der Waals surface area contributed by atoms with Gasteiger partial charge in [-0.2, -0.15) is 0 Å². The number of nitrogens with zero attached hydrogens (tertiary/aromatic N) is 2. The molecule has 0 bridgehead atoms. The fourth-order valence-electron chi connectivity index (χ4n) is 3.48. The highest BCUT2D eigenvalue weighted by Crippen LogP contribution is 2.25. The minimum atomic E-state index is -0.411. The number of nitrogens with two attached hydrogens (primary N) is 1. The average molecular weight is 479 g/mol. The Bertz CT molecular complexity index is 1190. The summed E-state index contributed by atoms with van der Waals surface area (Å²) >= 11 is 1.46. The van der Waals surface area contributed by atoms with Crippen LogP contribution in [0.15, 0.2) is 65.7 Å². The van der Waals surface area contributed by atoms with Crippen LogP contribution >= 0.6 is 11.8 Å². The maximum absolute atomic E-state index is 12.6. The normalized spacial score (nSPS) is 12.3. The predicted molar refractivity (Wildman–Crippen MR) is 139 cm³/mol. The monoisotopic (exact) mass is 478 g/mol. The van der Waals surface area contributed by atoms with E-state index in [9.17, 15) is 4.79 Å². The molecule has 0 amide bonds. The molecule has 1 aliphatic heterocycles. The molecule has 0 saturated carbocycles.